The van der Waals surface area contributed by atoms with Gasteiger partial charge in [0.25, 0.3) is 5.91 Å². The van der Waals surface area contributed by atoms with E-state index in [1.165, 1.54) is 4.90 Å². The third kappa shape index (κ3) is 2.68. The molecule has 8 heteroatoms. The molecule has 0 bridgehead atoms. The number of hydrogen-bond donors (Lipinski definition) is 0. The van der Waals surface area contributed by atoms with Crippen LogP contribution >= 0.6 is 0 Å². The maximum atomic E-state index is 12.7. The number of likely N-dealkylation sites (tertiary alicyclic amines) is 1. The van der Waals surface area contributed by atoms with Crippen LogP contribution in [0.25, 0.3) is 0 Å². The maximum Gasteiger partial charge on any atom is 0.289 e. The third-order valence-corrected chi connectivity index (χ3v) is 7.93. The van der Waals surface area contributed by atoms with Gasteiger partial charge in [-0.1, -0.05) is 6.07 Å². The van der Waals surface area contributed by atoms with Crippen molar-refractivity contribution in [3.8, 4) is 5.88 Å². The van der Waals surface area contributed by atoms with Gasteiger partial charge in [-0.3, -0.25) is 4.79 Å². The van der Waals surface area contributed by atoms with Crippen LogP contribution in [0.4, 0.5) is 0 Å². The van der Waals surface area contributed by atoms with E-state index in [-0.39, 0.29) is 43.0 Å². The zero-order chi connectivity index (χ0) is 18.4. The third-order valence-electron chi connectivity index (χ3n) is 5.32. The van der Waals surface area contributed by atoms with Gasteiger partial charge in [-0.25, -0.2) is 13.4 Å². The first-order valence-electron chi connectivity index (χ1n) is 8.53. The van der Waals surface area contributed by atoms with Crippen LogP contribution in [0.1, 0.15) is 22.7 Å². The second-order valence-corrected chi connectivity index (χ2v) is 9.37. The zero-order valence-electron chi connectivity index (χ0n) is 14.4. The molecule has 0 radical (unpaired) electrons. The Morgan fingerprint density at radius 3 is 2.81 bits per heavy atom. The Labute approximate surface area is 151 Å². The van der Waals surface area contributed by atoms with Gasteiger partial charge in [0.2, 0.25) is 5.88 Å². The summed E-state index contributed by atoms with van der Waals surface area (Å²) < 4.78 is 35.5. The molecule has 1 amide bonds. The second-order valence-electron chi connectivity index (χ2n) is 6.92. The standard InChI is InChI=1S/C18H20N2O5S/c1-13-5-6-15(25-13)17(21)20-11-18(12-20)14(7-9-26(18,22)23)10-24-16-4-2-3-8-19-16/h2-6,8,14H,7,9-12H2,1H3/t14-/m1/s1. The number of pyridine rings is 1. The zero-order valence-corrected chi connectivity index (χ0v) is 15.2. The van der Waals surface area contributed by atoms with Gasteiger partial charge in [0.1, 0.15) is 10.5 Å². The van der Waals surface area contributed by atoms with Gasteiger partial charge >= 0.3 is 0 Å². The highest BCUT2D eigenvalue weighted by molar-refractivity contribution is 7.93. The Morgan fingerprint density at radius 1 is 1.35 bits per heavy atom. The van der Waals surface area contributed by atoms with Crippen LogP contribution < -0.4 is 4.74 Å². The minimum Gasteiger partial charge on any atom is -0.477 e. The highest BCUT2D eigenvalue weighted by Gasteiger charge is 2.63. The van der Waals surface area contributed by atoms with Gasteiger partial charge in [0.05, 0.1) is 12.4 Å². The van der Waals surface area contributed by atoms with Crippen molar-refractivity contribution in [2.45, 2.75) is 18.1 Å². The van der Waals surface area contributed by atoms with Crippen molar-refractivity contribution < 1.29 is 22.4 Å². The van der Waals surface area contributed by atoms with Crippen molar-refractivity contribution >= 4 is 15.7 Å². The Kier molecular flexibility index (Phi) is 4.02. The van der Waals surface area contributed by atoms with Crippen LogP contribution in [-0.4, -0.2) is 54.4 Å². The number of carbonyl (C=O) groups is 1. The van der Waals surface area contributed by atoms with Crippen LogP contribution in [0.5, 0.6) is 5.88 Å². The monoisotopic (exact) mass is 376 g/mol. The maximum absolute atomic E-state index is 12.7. The number of rotatable bonds is 4. The summed E-state index contributed by atoms with van der Waals surface area (Å²) in [7, 11) is -3.27. The summed E-state index contributed by atoms with van der Waals surface area (Å²) in [6.07, 6.45) is 2.17. The lowest BCUT2D eigenvalue weighted by molar-refractivity contribution is 0.0377. The molecule has 2 aromatic heterocycles. The van der Waals surface area contributed by atoms with Crippen molar-refractivity contribution in [1.82, 2.24) is 9.88 Å². The van der Waals surface area contributed by atoms with Gasteiger partial charge in [-0.05, 0) is 31.5 Å². The number of furan rings is 1. The van der Waals surface area contributed by atoms with Gasteiger partial charge in [0.15, 0.2) is 15.6 Å². The normalized spacial score (nSPS) is 23.0. The number of hydrogen-bond acceptors (Lipinski definition) is 6. The van der Waals surface area contributed by atoms with Crippen molar-refractivity contribution in [3.63, 3.8) is 0 Å². The highest BCUT2D eigenvalue weighted by Crippen LogP contribution is 2.45. The minimum atomic E-state index is -3.27. The fourth-order valence-electron chi connectivity index (χ4n) is 3.77. The number of aryl methyl sites for hydroxylation is 1. The second kappa shape index (κ2) is 6.12. The van der Waals surface area contributed by atoms with E-state index in [9.17, 15) is 13.2 Å². The molecule has 2 aliphatic heterocycles. The summed E-state index contributed by atoms with van der Waals surface area (Å²) in [5.41, 5.74) is 0. The summed E-state index contributed by atoms with van der Waals surface area (Å²) in [6.45, 7) is 2.41. The number of amides is 1. The first-order chi connectivity index (χ1) is 12.4. The molecule has 1 atom stereocenters. The van der Waals surface area contributed by atoms with Crippen LogP contribution in [0.3, 0.4) is 0 Å². The average molecular weight is 376 g/mol. The number of sulfone groups is 1. The molecular weight excluding hydrogens is 356 g/mol. The molecule has 0 unspecified atom stereocenters. The van der Waals surface area contributed by atoms with Crippen molar-refractivity contribution in [3.05, 3.63) is 48.0 Å². The predicted molar refractivity (Wildman–Crippen MR) is 93.7 cm³/mol. The summed E-state index contributed by atoms with van der Waals surface area (Å²) >= 11 is 0. The summed E-state index contributed by atoms with van der Waals surface area (Å²) in [5, 5.41) is 0. The Morgan fingerprint density at radius 2 is 2.15 bits per heavy atom. The molecule has 0 saturated carbocycles. The van der Waals surface area contributed by atoms with E-state index in [0.29, 0.717) is 18.1 Å². The minimum absolute atomic E-state index is 0.130. The van der Waals surface area contributed by atoms with E-state index in [0.717, 1.165) is 0 Å². The Bertz CT molecular complexity index is 916. The molecule has 138 valence electrons. The molecule has 0 aliphatic carbocycles. The topological polar surface area (TPSA) is 89.7 Å². The molecule has 4 rings (SSSR count). The van der Waals surface area contributed by atoms with Gasteiger partial charge < -0.3 is 14.1 Å². The largest absolute Gasteiger partial charge is 0.477 e. The fourth-order valence-corrected chi connectivity index (χ4v) is 6.18. The molecule has 2 saturated heterocycles. The van der Waals surface area contributed by atoms with Crippen molar-refractivity contribution in [1.29, 1.82) is 0 Å². The molecule has 2 aromatic rings. The Hall–Kier alpha value is -2.35. The van der Waals surface area contributed by atoms with Gasteiger partial charge in [-0.2, -0.15) is 0 Å². The molecule has 2 fully saturated rings. The van der Waals surface area contributed by atoms with E-state index in [1.54, 1.807) is 37.4 Å². The smallest absolute Gasteiger partial charge is 0.289 e. The lowest BCUT2D eigenvalue weighted by Gasteiger charge is -2.49. The molecule has 7 nitrogen and oxygen atoms in total. The average Bonchev–Trinajstić information content (AvgIpc) is 3.13. The first-order valence-corrected chi connectivity index (χ1v) is 10.2. The quantitative estimate of drug-likeness (QED) is 0.807. The fraction of sp³-hybridized carbons (Fsp3) is 0.444. The lowest BCUT2D eigenvalue weighted by atomic mass is 9.83. The summed E-state index contributed by atoms with van der Waals surface area (Å²) in [6, 6.07) is 8.69. The van der Waals surface area contributed by atoms with E-state index in [1.807, 2.05) is 6.07 Å². The lowest BCUT2D eigenvalue weighted by Crippen LogP contribution is -2.68. The van der Waals surface area contributed by atoms with Crippen molar-refractivity contribution in [2.24, 2.45) is 5.92 Å². The number of aromatic nitrogens is 1. The molecule has 2 aliphatic rings. The molecule has 26 heavy (non-hydrogen) atoms. The van der Waals surface area contributed by atoms with E-state index < -0.39 is 14.6 Å². The van der Waals surface area contributed by atoms with Crippen LogP contribution in [-0.2, 0) is 9.84 Å². The van der Waals surface area contributed by atoms with E-state index >= 15 is 0 Å². The van der Waals surface area contributed by atoms with Gasteiger partial charge in [-0.15, -0.1) is 0 Å². The number of nitrogens with zero attached hydrogens (tertiary/aromatic N) is 2. The van der Waals surface area contributed by atoms with Crippen molar-refractivity contribution in [2.75, 3.05) is 25.4 Å². The number of ether oxygens (including phenoxy) is 1. The van der Waals surface area contributed by atoms with Crippen LogP contribution in [0.15, 0.2) is 40.9 Å². The SMILES string of the molecule is Cc1ccc(C(=O)N2CC3(C2)[C@@H](COc2ccccn2)CCS3(=O)=O)o1. The first kappa shape index (κ1) is 17.1. The molecule has 0 aromatic carbocycles. The van der Waals surface area contributed by atoms with Crippen LogP contribution in [0, 0.1) is 12.8 Å². The predicted octanol–water partition coefficient (Wildman–Crippen LogP) is 1.69. The molecule has 4 heterocycles. The summed E-state index contributed by atoms with van der Waals surface area (Å²) in [4.78, 5) is 18.1. The highest BCUT2D eigenvalue weighted by atomic mass is 32.2. The van der Waals surface area contributed by atoms with Crippen LogP contribution in [0.2, 0.25) is 0 Å². The Balaban J connectivity index is 1.47. The molecular formula is C18H20N2O5S. The van der Waals surface area contributed by atoms with E-state index in [2.05, 4.69) is 4.98 Å². The number of carbonyl (C=O) groups excluding carboxylic acids is 1. The molecule has 1 spiro atoms. The van der Waals surface area contributed by atoms with Gasteiger partial charge in [0, 0.05) is 31.3 Å². The molecule has 0 N–H and O–H groups in total. The van der Waals surface area contributed by atoms with E-state index in [4.69, 9.17) is 9.15 Å². The summed E-state index contributed by atoms with van der Waals surface area (Å²) in [5.74, 6) is 1.08.